The van der Waals surface area contributed by atoms with E-state index in [1.807, 2.05) is 6.92 Å². The predicted octanol–water partition coefficient (Wildman–Crippen LogP) is 0.798. The molecule has 0 spiro atoms. The van der Waals surface area contributed by atoms with Gasteiger partial charge < -0.3 is 0 Å². The third kappa shape index (κ3) is 4.10. The smallest absolute Gasteiger partial charge is 0.148 e. The van der Waals surface area contributed by atoms with Gasteiger partial charge in [-0.1, -0.05) is 16.2 Å². The summed E-state index contributed by atoms with van der Waals surface area (Å²) in [4.78, 5) is 9.78. The van der Waals surface area contributed by atoms with Gasteiger partial charge in [-0.2, -0.15) is 0 Å². The van der Waals surface area contributed by atoms with Gasteiger partial charge in [0.2, 0.25) is 0 Å². The molecule has 1 nitrogen and oxygen atoms in total. The van der Waals surface area contributed by atoms with E-state index in [0.717, 1.165) is 0 Å². The minimum Gasteiger partial charge on any atom is -0.295 e. The van der Waals surface area contributed by atoms with Crippen LogP contribution in [0.4, 0.5) is 0 Å². The van der Waals surface area contributed by atoms with E-state index in [0.29, 0.717) is 6.42 Å². The number of hydrogen-bond donors (Lipinski definition) is 0. The molecule has 0 radical (unpaired) electrons. The van der Waals surface area contributed by atoms with Crippen molar-refractivity contribution in [1.29, 1.82) is 0 Å². The normalized spacial score (nSPS) is 7.60. The zero-order valence-corrected chi connectivity index (χ0v) is 4.35. The van der Waals surface area contributed by atoms with Crippen LogP contribution in [0.1, 0.15) is 13.3 Å². The largest absolute Gasteiger partial charge is 0.295 e. The Labute approximate surface area is 34.0 Å². The van der Waals surface area contributed by atoms with Gasteiger partial charge >= 0.3 is 0 Å². The predicted molar refractivity (Wildman–Crippen MR) is 25.0 cm³/mol. The number of carbonyl (C=O) groups excluding carboxylic acids is 1. The van der Waals surface area contributed by atoms with Gasteiger partial charge in [0.25, 0.3) is 0 Å². The molecule has 1 unspecified atom stereocenters. The molecular formula is C3H7OP. The molecule has 0 amide bonds. The third-order valence-corrected chi connectivity index (χ3v) is 0.757. The summed E-state index contributed by atoms with van der Waals surface area (Å²) in [5.41, 5.74) is 0.171. The van der Waals surface area contributed by atoms with Crippen molar-refractivity contribution in [2.45, 2.75) is 13.3 Å². The average Bonchev–Trinajstić information content (AvgIpc) is 1.38. The lowest BCUT2D eigenvalue weighted by Gasteiger charge is -1.71. The first kappa shape index (κ1) is 5.10. The van der Waals surface area contributed by atoms with Crippen molar-refractivity contribution in [1.82, 2.24) is 0 Å². The van der Waals surface area contributed by atoms with E-state index in [4.69, 9.17) is 0 Å². The Morgan fingerprint density at radius 1 is 2.00 bits per heavy atom. The van der Waals surface area contributed by atoms with Crippen LogP contribution >= 0.6 is 9.24 Å². The van der Waals surface area contributed by atoms with Crippen molar-refractivity contribution >= 4 is 14.8 Å². The zero-order valence-electron chi connectivity index (χ0n) is 3.19. The fraction of sp³-hybridized carbons (Fsp3) is 0.667. The Bertz CT molecular complexity index is 42.2. The first-order valence-electron chi connectivity index (χ1n) is 1.55. The Balaban J connectivity index is 2.85. The van der Waals surface area contributed by atoms with Gasteiger partial charge in [0.15, 0.2) is 0 Å². The quantitative estimate of drug-likeness (QED) is 0.435. The molecule has 0 fully saturated rings. The summed E-state index contributed by atoms with van der Waals surface area (Å²) >= 11 is 0. The van der Waals surface area contributed by atoms with Crippen LogP contribution in [-0.2, 0) is 4.79 Å². The fourth-order valence-corrected chi connectivity index (χ4v) is 0. The Kier molecular flexibility index (Phi) is 2.39. The highest BCUT2D eigenvalue weighted by atomic mass is 31.0. The van der Waals surface area contributed by atoms with Gasteiger partial charge in [-0.15, -0.1) is 0 Å². The van der Waals surface area contributed by atoms with Crippen LogP contribution < -0.4 is 0 Å². The Morgan fingerprint density at radius 3 is 2.20 bits per heavy atom. The van der Waals surface area contributed by atoms with Crippen LogP contribution in [0.2, 0.25) is 0 Å². The van der Waals surface area contributed by atoms with Crippen molar-refractivity contribution in [3.63, 3.8) is 0 Å². The molecule has 0 saturated heterocycles. The van der Waals surface area contributed by atoms with Gasteiger partial charge in [0.05, 0.1) is 0 Å². The van der Waals surface area contributed by atoms with Gasteiger partial charge in [-0.05, 0) is 0 Å². The maximum Gasteiger partial charge on any atom is 0.148 e. The summed E-state index contributed by atoms with van der Waals surface area (Å²) in [5.74, 6) is 0. The highest BCUT2D eigenvalue weighted by Gasteiger charge is 1.77. The fourth-order valence-electron chi connectivity index (χ4n) is 0. The lowest BCUT2D eigenvalue weighted by Crippen LogP contribution is -1.73. The van der Waals surface area contributed by atoms with Crippen molar-refractivity contribution in [2.24, 2.45) is 0 Å². The summed E-state index contributed by atoms with van der Waals surface area (Å²) in [6.07, 6.45) is 0.630. The molecule has 0 aromatic heterocycles. The minimum absolute atomic E-state index is 0.171. The number of rotatable bonds is 1. The topological polar surface area (TPSA) is 17.1 Å². The molecule has 0 bridgehead atoms. The second kappa shape index (κ2) is 2.34. The second-order valence-electron chi connectivity index (χ2n) is 0.820. The lowest BCUT2D eigenvalue weighted by atomic mass is 10.6. The average molecular weight is 90.1 g/mol. The van der Waals surface area contributed by atoms with Crippen molar-refractivity contribution in [3.8, 4) is 0 Å². The third-order valence-electron chi connectivity index (χ3n) is 0.348. The van der Waals surface area contributed by atoms with Gasteiger partial charge in [-0.3, -0.25) is 4.79 Å². The van der Waals surface area contributed by atoms with Crippen molar-refractivity contribution in [2.75, 3.05) is 0 Å². The van der Waals surface area contributed by atoms with Crippen molar-refractivity contribution in [3.05, 3.63) is 0 Å². The zero-order chi connectivity index (χ0) is 4.28. The Hall–Kier alpha value is 0.100. The molecule has 0 aromatic carbocycles. The van der Waals surface area contributed by atoms with Crippen LogP contribution in [0.15, 0.2) is 0 Å². The molecule has 0 aromatic rings. The minimum atomic E-state index is 0.171. The molecule has 0 heterocycles. The van der Waals surface area contributed by atoms with Gasteiger partial charge in [0, 0.05) is 6.42 Å². The second-order valence-corrected chi connectivity index (χ2v) is 1.46. The van der Waals surface area contributed by atoms with E-state index >= 15 is 0 Å². The molecule has 2 heteroatoms. The first-order valence-corrected chi connectivity index (χ1v) is 2.13. The molecule has 0 N–H and O–H groups in total. The monoisotopic (exact) mass is 90.0 g/mol. The molecular weight excluding hydrogens is 83.0 g/mol. The maximum absolute atomic E-state index is 9.78. The molecule has 30 valence electrons. The van der Waals surface area contributed by atoms with Crippen LogP contribution in [0.3, 0.4) is 0 Å². The van der Waals surface area contributed by atoms with E-state index in [9.17, 15) is 4.79 Å². The summed E-state index contributed by atoms with van der Waals surface area (Å²) in [5, 5.41) is 0. The first-order chi connectivity index (χ1) is 2.27. The summed E-state index contributed by atoms with van der Waals surface area (Å²) in [7, 11) is 2.09. The summed E-state index contributed by atoms with van der Waals surface area (Å²) < 4.78 is 0. The molecule has 0 aliphatic rings. The van der Waals surface area contributed by atoms with Gasteiger partial charge in [-0.25, -0.2) is 0 Å². The van der Waals surface area contributed by atoms with Crippen LogP contribution in [0.25, 0.3) is 0 Å². The molecule has 0 aliphatic carbocycles. The van der Waals surface area contributed by atoms with E-state index in [-0.39, 0.29) is 5.52 Å². The number of hydrogen-bond acceptors (Lipinski definition) is 1. The highest BCUT2D eigenvalue weighted by molar-refractivity contribution is 7.39. The van der Waals surface area contributed by atoms with Crippen LogP contribution in [0, 0.1) is 0 Å². The van der Waals surface area contributed by atoms with Crippen LogP contribution in [0.5, 0.6) is 0 Å². The van der Waals surface area contributed by atoms with E-state index in [2.05, 4.69) is 9.24 Å². The molecule has 0 rings (SSSR count). The number of carbonyl (C=O) groups is 1. The van der Waals surface area contributed by atoms with Crippen LogP contribution in [-0.4, -0.2) is 5.52 Å². The SMILES string of the molecule is CCC(=O)P. The molecule has 0 saturated carbocycles. The summed E-state index contributed by atoms with van der Waals surface area (Å²) in [6.45, 7) is 1.83. The van der Waals surface area contributed by atoms with Gasteiger partial charge in [0.1, 0.15) is 5.52 Å². The summed E-state index contributed by atoms with van der Waals surface area (Å²) in [6, 6.07) is 0. The maximum atomic E-state index is 9.78. The van der Waals surface area contributed by atoms with Crippen molar-refractivity contribution < 1.29 is 4.79 Å². The van der Waals surface area contributed by atoms with E-state index in [1.54, 1.807) is 0 Å². The molecule has 0 aliphatic heterocycles. The molecule has 1 atom stereocenters. The van der Waals surface area contributed by atoms with E-state index in [1.165, 1.54) is 0 Å². The van der Waals surface area contributed by atoms with E-state index < -0.39 is 0 Å². The molecule has 5 heavy (non-hydrogen) atoms. The standard InChI is InChI=1S/C3H7OP/c1-2-3(4)5/h2,5H2,1H3. The Morgan fingerprint density at radius 2 is 2.20 bits per heavy atom. The lowest BCUT2D eigenvalue weighted by molar-refractivity contribution is -0.110. The highest BCUT2D eigenvalue weighted by Crippen LogP contribution is 1.86.